The predicted molar refractivity (Wildman–Crippen MR) is 68.0 cm³/mol. The Balaban J connectivity index is 2.13. The zero-order valence-corrected chi connectivity index (χ0v) is 10.3. The van der Waals surface area contributed by atoms with E-state index in [2.05, 4.69) is 5.32 Å². The first-order valence-corrected chi connectivity index (χ1v) is 5.90. The van der Waals surface area contributed by atoms with Crippen molar-refractivity contribution in [3.05, 3.63) is 29.8 Å². The van der Waals surface area contributed by atoms with Gasteiger partial charge < -0.3 is 10.1 Å². The maximum Gasteiger partial charge on any atom is 0.321 e. The standard InChI is InChI=1S/C13H16N2O3/c1-18-9-7-14-13(17)15-8-6-12(16)10-4-2-3-5-11(10)15/h2-5H,6-9H2,1H3,(H,14,17). The lowest BCUT2D eigenvalue weighted by Crippen LogP contribution is -2.44. The van der Waals surface area contributed by atoms with Crippen molar-refractivity contribution in [3.8, 4) is 0 Å². The van der Waals surface area contributed by atoms with Gasteiger partial charge in [-0.3, -0.25) is 9.69 Å². The lowest BCUT2D eigenvalue weighted by molar-refractivity contribution is 0.0981. The summed E-state index contributed by atoms with van der Waals surface area (Å²) in [5, 5.41) is 2.76. The van der Waals surface area contributed by atoms with Gasteiger partial charge in [-0.1, -0.05) is 12.1 Å². The van der Waals surface area contributed by atoms with Crippen LogP contribution in [0.2, 0.25) is 0 Å². The number of Topliss-reactive ketones (excluding diaryl/α,β-unsaturated/α-hetero) is 1. The van der Waals surface area contributed by atoms with Crippen LogP contribution in [0.5, 0.6) is 0 Å². The minimum Gasteiger partial charge on any atom is -0.383 e. The molecule has 2 rings (SSSR count). The van der Waals surface area contributed by atoms with E-state index in [1.54, 1.807) is 24.1 Å². The molecule has 0 aliphatic carbocycles. The van der Waals surface area contributed by atoms with Crippen LogP contribution < -0.4 is 10.2 Å². The number of hydrogen-bond acceptors (Lipinski definition) is 3. The highest BCUT2D eigenvalue weighted by Crippen LogP contribution is 2.26. The van der Waals surface area contributed by atoms with Crippen molar-refractivity contribution < 1.29 is 14.3 Å². The van der Waals surface area contributed by atoms with E-state index in [1.807, 2.05) is 12.1 Å². The molecule has 5 heteroatoms. The first kappa shape index (κ1) is 12.6. The summed E-state index contributed by atoms with van der Waals surface area (Å²) in [6.45, 7) is 1.36. The monoisotopic (exact) mass is 248 g/mol. The maximum atomic E-state index is 12.0. The molecule has 1 aliphatic heterocycles. The molecule has 0 bridgehead atoms. The molecule has 1 aromatic rings. The fourth-order valence-electron chi connectivity index (χ4n) is 1.98. The molecule has 2 amide bonds. The van der Waals surface area contributed by atoms with E-state index in [0.717, 1.165) is 0 Å². The van der Waals surface area contributed by atoms with Crippen molar-refractivity contribution in [1.29, 1.82) is 0 Å². The third-order valence-electron chi connectivity index (χ3n) is 2.89. The van der Waals surface area contributed by atoms with Gasteiger partial charge in [0.05, 0.1) is 12.3 Å². The summed E-state index contributed by atoms with van der Waals surface area (Å²) in [5.41, 5.74) is 1.30. The summed E-state index contributed by atoms with van der Waals surface area (Å²) in [4.78, 5) is 25.3. The molecule has 1 N–H and O–H groups in total. The summed E-state index contributed by atoms with van der Waals surface area (Å²) in [7, 11) is 1.58. The van der Waals surface area contributed by atoms with Crippen LogP contribution in [0.1, 0.15) is 16.8 Å². The number of benzene rings is 1. The number of hydrogen-bond donors (Lipinski definition) is 1. The number of para-hydroxylation sites is 1. The largest absolute Gasteiger partial charge is 0.383 e. The van der Waals surface area contributed by atoms with E-state index in [4.69, 9.17) is 4.74 Å². The predicted octanol–water partition coefficient (Wildman–Crippen LogP) is 1.44. The van der Waals surface area contributed by atoms with Crippen LogP contribution in [0, 0.1) is 0 Å². The van der Waals surface area contributed by atoms with Gasteiger partial charge in [-0.15, -0.1) is 0 Å². The molecular weight excluding hydrogens is 232 g/mol. The molecule has 0 unspecified atom stereocenters. The maximum absolute atomic E-state index is 12.0. The number of amides is 2. The van der Waals surface area contributed by atoms with Crippen molar-refractivity contribution >= 4 is 17.5 Å². The average Bonchev–Trinajstić information content (AvgIpc) is 2.39. The summed E-state index contributed by atoms with van der Waals surface area (Å²) >= 11 is 0. The molecule has 0 spiro atoms. The van der Waals surface area contributed by atoms with Crippen molar-refractivity contribution in [3.63, 3.8) is 0 Å². The van der Waals surface area contributed by atoms with E-state index < -0.39 is 0 Å². The highest BCUT2D eigenvalue weighted by molar-refractivity contribution is 6.08. The second kappa shape index (κ2) is 5.64. The molecule has 0 atom stereocenters. The first-order chi connectivity index (χ1) is 8.74. The number of carbonyl (C=O) groups excluding carboxylic acids is 2. The van der Waals surface area contributed by atoms with Gasteiger partial charge in [0.1, 0.15) is 0 Å². The van der Waals surface area contributed by atoms with E-state index >= 15 is 0 Å². The lowest BCUT2D eigenvalue weighted by atomic mass is 10.0. The Hall–Kier alpha value is -1.88. The molecule has 1 aromatic carbocycles. The number of urea groups is 1. The summed E-state index contributed by atoms with van der Waals surface area (Å²) in [5.74, 6) is 0.0894. The minimum atomic E-state index is -0.188. The van der Waals surface area contributed by atoms with Gasteiger partial charge in [-0.05, 0) is 12.1 Å². The molecule has 0 saturated heterocycles. The molecule has 96 valence electrons. The van der Waals surface area contributed by atoms with Gasteiger partial charge in [0.2, 0.25) is 0 Å². The third kappa shape index (κ3) is 2.51. The number of rotatable bonds is 3. The van der Waals surface area contributed by atoms with Crippen molar-refractivity contribution in [1.82, 2.24) is 5.32 Å². The summed E-state index contributed by atoms with van der Waals surface area (Å²) < 4.78 is 4.88. The van der Waals surface area contributed by atoms with E-state index in [9.17, 15) is 9.59 Å². The Morgan fingerprint density at radius 3 is 3.00 bits per heavy atom. The molecule has 1 heterocycles. The Morgan fingerprint density at radius 1 is 1.44 bits per heavy atom. The normalized spacial score (nSPS) is 14.3. The summed E-state index contributed by atoms with van der Waals surface area (Å²) in [6.07, 6.45) is 0.370. The number of nitrogens with zero attached hydrogens (tertiary/aromatic N) is 1. The van der Waals surface area contributed by atoms with Crippen molar-refractivity contribution in [2.75, 3.05) is 31.7 Å². The first-order valence-electron chi connectivity index (χ1n) is 5.90. The van der Waals surface area contributed by atoms with Crippen molar-refractivity contribution in [2.45, 2.75) is 6.42 Å². The van der Waals surface area contributed by atoms with Gasteiger partial charge in [0.15, 0.2) is 5.78 Å². The van der Waals surface area contributed by atoms with E-state index in [1.165, 1.54) is 0 Å². The number of anilines is 1. The van der Waals surface area contributed by atoms with Gasteiger partial charge in [-0.25, -0.2) is 4.79 Å². The molecule has 0 fully saturated rings. The molecule has 0 saturated carbocycles. The number of fused-ring (bicyclic) bond motifs is 1. The number of ketones is 1. The zero-order valence-electron chi connectivity index (χ0n) is 10.3. The highest BCUT2D eigenvalue weighted by atomic mass is 16.5. The number of methoxy groups -OCH3 is 1. The summed E-state index contributed by atoms with van der Waals surface area (Å²) in [6, 6.07) is 7.00. The molecule has 0 radical (unpaired) electrons. The number of carbonyl (C=O) groups is 2. The fraction of sp³-hybridized carbons (Fsp3) is 0.385. The van der Waals surface area contributed by atoms with Crippen LogP contribution in [0.15, 0.2) is 24.3 Å². The van der Waals surface area contributed by atoms with Gasteiger partial charge >= 0.3 is 6.03 Å². The van der Waals surface area contributed by atoms with Crippen LogP contribution in [0.4, 0.5) is 10.5 Å². The van der Waals surface area contributed by atoms with Crippen LogP contribution in [0.25, 0.3) is 0 Å². The zero-order chi connectivity index (χ0) is 13.0. The molecule has 0 aromatic heterocycles. The quantitative estimate of drug-likeness (QED) is 0.823. The third-order valence-corrected chi connectivity index (χ3v) is 2.89. The fourth-order valence-corrected chi connectivity index (χ4v) is 1.98. The van der Waals surface area contributed by atoms with Crippen molar-refractivity contribution in [2.24, 2.45) is 0 Å². The van der Waals surface area contributed by atoms with E-state index in [0.29, 0.717) is 37.4 Å². The molecule has 5 nitrogen and oxygen atoms in total. The van der Waals surface area contributed by atoms with Crippen LogP contribution in [-0.4, -0.2) is 38.6 Å². The van der Waals surface area contributed by atoms with Crippen LogP contribution in [-0.2, 0) is 4.74 Å². The Bertz CT molecular complexity index is 459. The van der Waals surface area contributed by atoms with Crippen LogP contribution >= 0.6 is 0 Å². The lowest BCUT2D eigenvalue weighted by Gasteiger charge is -2.28. The van der Waals surface area contributed by atoms with Crippen LogP contribution in [0.3, 0.4) is 0 Å². The Labute approximate surface area is 106 Å². The Kier molecular flexibility index (Phi) is 3.94. The second-order valence-corrected chi connectivity index (χ2v) is 4.07. The SMILES string of the molecule is COCCNC(=O)N1CCC(=O)c2ccccc21. The average molecular weight is 248 g/mol. The molecule has 18 heavy (non-hydrogen) atoms. The number of ether oxygens (including phenoxy) is 1. The second-order valence-electron chi connectivity index (χ2n) is 4.07. The van der Waals surface area contributed by atoms with E-state index in [-0.39, 0.29) is 11.8 Å². The molecule has 1 aliphatic rings. The topological polar surface area (TPSA) is 58.6 Å². The minimum absolute atomic E-state index is 0.0894. The molecular formula is C13H16N2O3. The van der Waals surface area contributed by atoms with Gasteiger partial charge in [0, 0.05) is 32.2 Å². The smallest absolute Gasteiger partial charge is 0.321 e. The van der Waals surface area contributed by atoms with Gasteiger partial charge in [-0.2, -0.15) is 0 Å². The highest BCUT2D eigenvalue weighted by Gasteiger charge is 2.26. The number of nitrogens with one attached hydrogen (secondary N) is 1. The van der Waals surface area contributed by atoms with Gasteiger partial charge in [0.25, 0.3) is 0 Å². The Morgan fingerprint density at radius 2 is 2.22 bits per heavy atom.